The van der Waals surface area contributed by atoms with Crippen LogP contribution in [0, 0.1) is 6.92 Å². The highest BCUT2D eigenvalue weighted by atomic mass is 35.5. The fourth-order valence-electron chi connectivity index (χ4n) is 3.43. The van der Waals surface area contributed by atoms with E-state index in [4.69, 9.17) is 16.3 Å². The van der Waals surface area contributed by atoms with E-state index in [1.807, 2.05) is 25.1 Å². The summed E-state index contributed by atoms with van der Waals surface area (Å²) in [5.41, 5.74) is 2.89. The molecule has 0 saturated carbocycles. The molecule has 8 heteroatoms. The number of amides is 1. The number of benzene rings is 2. The van der Waals surface area contributed by atoms with Crippen LogP contribution in [0.5, 0.6) is 5.75 Å². The minimum Gasteiger partial charge on any atom is -0.495 e. The lowest BCUT2D eigenvalue weighted by molar-refractivity contribution is 0.0996. The third-order valence-electron chi connectivity index (χ3n) is 4.89. The zero-order chi connectivity index (χ0) is 20.9. The molecular weight excluding hydrogens is 430 g/mol. The summed E-state index contributed by atoms with van der Waals surface area (Å²) in [6.45, 7) is 1.94. The molecule has 2 heterocycles. The number of ether oxygens (including phenoxy) is 1. The number of fused-ring (bicyclic) bond motifs is 3. The van der Waals surface area contributed by atoms with Gasteiger partial charge >= 0.3 is 0 Å². The molecule has 0 saturated heterocycles. The smallest absolute Gasteiger partial charge is 0.268 e. The van der Waals surface area contributed by atoms with Gasteiger partial charge in [0, 0.05) is 22.5 Å². The van der Waals surface area contributed by atoms with E-state index in [9.17, 15) is 13.2 Å². The summed E-state index contributed by atoms with van der Waals surface area (Å²) in [5.74, 6) is 0.230. The van der Waals surface area contributed by atoms with Crippen LogP contribution in [-0.2, 0) is 15.6 Å². The first-order chi connectivity index (χ1) is 13.7. The van der Waals surface area contributed by atoms with Crippen molar-refractivity contribution in [2.45, 2.75) is 17.6 Å². The number of halogens is 1. The lowest BCUT2D eigenvalue weighted by atomic mass is 10.1. The summed E-state index contributed by atoms with van der Waals surface area (Å²) >= 11 is 7.30. The van der Waals surface area contributed by atoms with Crippen LogP contribution >= 0.6 is 22.9 Å². The van der Waals surface area contributed by atoms with E-state index in [0.717, 1.165) is 10.4 Å². The number of carbonyl (C=O) groups excluding carboxylic acids is 1. The molecule has 150 valence electrons. The molecule has 0 N–H and O–H groups in total. The van der Waals surface area contributed by atoms with Gasteiger partial charge in [0.2, 0.25) is 0 Å². The number of thiophene rings is 1. The number of aryl methyl sites for hydroxylation is 1. The number of carbonyl (C=O) groups is 1. The highest BCUT2D eigenvalue weighted by molar-refractivity contribution is 7.91. The largest absolute Gasteiger partial charge is 0.495 e. The second-order valence-electron chi connectivity index (χ2n) is 6.90. The Morgan fingerprint density at radius 1 is 1.17 bits per heavy atom. The van der Waals surface area contributed by atoms with Crippen molar-refractivity contribution >= 4 is 44.4 Å². The lowest BCUT2D eigenvalue weighted by Gasteiger charge is -2.20. The average molecular weight is 448 g/mol. The predicted octanol–water partition coefficient (Wildman–Crippen LogP) is 4.95. The standard InChI is InChI=1S/C21H18ClNO4S2/c1-12-4-7-17(27-3)16(8-12)23(2)21(24)18-9-13-11-29(25,26)19-10-14(22)5-6-15(19)20(13)28-18/h4-10H,11H2,1-3H3. The van der Waals surface area contributed by atoms with E-state index in [1.54, 1.807) is 32.4 Å². The summed E-state index contributed by atoms with van der Waals surface area (Å²) in [5, 5.41) is 0.370. The molecule has 0 fully saturated rings. The van der Waals surface area contributed by atoms with E-state index in [-0.39, 0.29) is 16.6 Å². The normalized spacial score (nSPS) is 14.1. The Morgan fingerprint density at radius 3 is 2.66 bits per heavy atom. The van der Waals surface area contributed by atoms with Gasteiger partial charge in [-0.05, 0) is 48.4 Å². The molecule has 1 aliphatic heterocycles. The Morgan fingerprint density at radius 2 is 1.93 bits per heavy atom. The van der Waals surface area contributed by atoms with Crippen LogP contribution in [0.3, 0.4) is 0 Å². The number of methoxy groups -OCH3 is 1. The molecule has 1 aliphatic rings. The molecule has 3 aromatic rings. The van der Waals surface area contributed by atoms with Crippen LogP contribution in [0.1, 0.15) is 20.8 Å². The molecular formula is C21H18ClNO4S2. The Hall–Kier alpha value is -2.35. The average Bonchev–Trinajstić information content (AvgIpc) is 3.10. The Bertz CT molecular complexity index is 1250. The van der Waals surface area contributed by atoms with Crippen molar-refractivity contribution < 1.29 is 17.9 Å². The molecule has 0 spiro atoms. The van der Waals surface area contributed by atoms with Crippen LogP contribution in [0.15, 0.2) is 47.4 Å². The monoisotopic (exact) mass is 447 g/mol. The maximum atomic E-state index is 13.2. The minimum atomic E-state index is -3.50. The van der Waals surface area contributed by atoms with E-state index >= 15 is 0 Å². The maximum absolute atomic E-state index is 13.2. The van der Waals surface area contributed by atoms with Crippen LogP contribution in [0.25, 0.3) is 10.4 Å². The zero-order valence-corrected chi connectivity index (χ0v) is 18.4. The predicted molar refractivity (Wildman–Crippen MR) is 116 cm³/mol. The van der Waals surface area contributed by atoms with Crippen LogP contribution in [-0.4, -0.2) is 28.5 Å². The Labute approximate surface area is 178 Å². The second-order valence-corrected chi connectivity index (χ2v) is 10.4. The summed E-state index contributed by atoms with van der Waals surface area (Å²) in [4.78, 5) is 16.2. The van der Waals surface area contributed by atoms with Gasteiger partial charge in [-0.2, -0.15) is 0 Å². The quantitative estimate of drug-likeness (QED) is 0.569. The van der Waals surface area contributed by atoms with Gasteiger partial charge in [-0.1, -0.05) is 23.7 Å². The van der Waals surface area contributed by atoms with E-state index in [0.29, 0.717) is 32.5 Å². The van der Waals surface area contributed by atoms with Crippen molar-refractivity contribution in [1.82, 2.24) is 0 Å². The first-order valence-electron chi connectivity index (χ1n) is 8.79. The number of rotatable bonds is 3. The highest BCUT2D eigenvalue weighted by Gasteiger charge is 2.32. The summed E-state index contributed by atoms with van der Waals surface area (Å²) in [7, 11) is -0.260. The summed E-state index contributed by atoms with van der Waals surface area (Å²) in [6.07, 6.45) is 0. The molecule has 1 amide bonds. The third kappa shape index (κ3) is 3.43. The first-order valence-corrected chi connectivity index (χ1v) is 11.6. The first kappa shape index (κ1) is 19.9. The number of anilines is 1. The third-order valence-corrected chi connectivity index (χ3v) is 8.02. The topological polar surface area (TPSA) is 63.7 Å². The molecule has 5 nitrogen and oxygen atoms in total. The van der Waals surface area contributed by atoms with Crippen molar-refractivity contribution in [3.8, 4) is 16.2 Å². The lowest BCUT2D eigenvalue weighted by Crippen LogP contribution is -2.26. The van der Waals surface area contributed by atoms with Gasteiger partial charge in [0.15, 0.2) is 9.84 Å². The maximum Gasteiger partial charge on any atom is 0.268 e. The van der Waals surface area contributed by atoms with Gasteiger partial charge in [0.1, 0.15) is 5.75 Å². The van der Waals surface area contributed by atoms with E-state index in [1.165, 1.54) is 22.3 Å². The molecule has 4 rings (SSSR count). The Balaban J connectivity index is 1.77. The van der Waals surface area contributed by atoms with Gasteiger partial charge in [-0.3, -0.25) is 4.79 Å². The zero-order valence-electron chi connectivity index (χ0n) is 16.0. The van der Waals surface area contributed by atoms with Crippen molar-refractivity contribution in [3.05, 3.63) is 63.5 Å². The van der Waals surface area contributed by atoms with Gasteiger partial charge in [-0.25, -0.2) is 8.42 Å². The van der Waals surface area contributed by atoms with Crippen LogP contribution in [0.4, 0.5) is 5.69 Å². The molecule has 29 heavy (non-hydrogen) atoms. The molecule has 0 aliphatic carbocycles. The number of sulfone groups is 1. The number of hydrogen-bond acceptors (Lipinski definition) is 5. The van der Waals surface area contributed by atoms with Gasteiger partial charge in [0.25, 0.3) is 5.91 Å². The van der Waals surface area contributed by atoms with Crippen molar-refractivity contribution in [2.75, 3.05) is 19.1 Å². The summed E-state index contributed by atoms with van der Waals surface area (Å²) < 4.78 is 30.7. The summed E-state index contributed by atoms with van der Waals surface area (Å²) in [6, 6.07) is 12.1. The molecule has 0 bridgehead atoms. The van der Waals surface area contributed by atoms with Crippen LogP contribution < -0.4 is 9.64 Å². The number of nitrogens with zero attached hydrogens (tertiary/aromatic N) is 1. The molecule has 1 aromatic heterocycles. The minimum absolute atomic E-state index is 0.142. The second kappa shape index (κ2) is 7.16. The fraction of sp³-hybridized carbons (Fsp3) is 0.190. The van der Waals surface area contributed by atoms with Gasteiger partial charge < -0.3 is 9.64 Å². The fourth-order valence-corrected chi connectivity index (χ4v) is 6.62. The highest BCUT2D eigenvalue weighted by Crippen LogP contribution is 2.44. The van der Waals surface area contributed by atoms with E-state index in [2.05, 4.69) is 0 Å². The molecule has 0 radical (unpaired) electrons. The number of hydrogen-bond donors (Lipinski definition) is 0. The van der Waals surface area contributed by atoms with Gasteiger partial charge in [0.05, 0.1) is 28.3 Å². The Kier molecular flexibility index (Phi) is 4.93. The van der Waals surface area contributed by atoms with Crippen molar-refractivity contribution in [3.63, 3.8) is 0 Å². The van der Waals surface area contributed by atoms with Gasteiger partial charge in [-0.15, -0.1) is 11.3 Å². The van der Waals surface area contributed by atoms with Crippen molar-refractivity contribution in [2.24, 2.45) is 0 Å². The molecule has 0 atom stereocenters. The van der Waals surface area contributed by atoms with E-state index < -0.39 is 9.84 Å². The SMILES string of the molecule is COc1ccc(C)cc1N(C)C(=O)c1cc2c(s1)-c1ccc(Cl)cc1S(=O)(=O)C2. The molecule has 2 aromatic carbocycles. The van der Waals surface area contributed by atoms with Crippen LogP contribution in [0.2, 0.25) is 5.02 Å². The molecule has 0 unspecified atom stereocenters. The van der Waals surface area contributed by atoms with Crippen molar-refractivity contribution in [1.29, 1.82) is 0 Å².